The molecule has 0 bridgehead atoms. The number of carbonyl (C=O) groups is 2. The molecular formula is C12H23N3O4. The monoisotopic (exact) mass is 273 g/mol. The lowest BCUT2D eigenvalue weighted by Gasteiger charge is -2.30. The molecular weight excluding hydrogens is 250 g/mol. The van der Waals surface area contributed by atoms with Crippen LogP contribution < -0.4 is 5.32 Å². The van der Waals surface area contributed by atoms with E-state index < -0.39 is 5.97 Å². The van der Waals surface area contributed by atoms with E-state index in [-0.39, 0.29) is 18.6 Å². The molecule has 0 aromatic carbocycles. The van der Waals surface area contributed by atoms with E-state index in [1.54, 1.807) is 7.05 Å². The van der Waals surface area contributed by atoms with Crippen molar-refractivity contribution in [2.45, 2.75) is 18.9 Å². The van der Waals surface area contributed by atoms with Gasteiger partial charge in [-0.25, -0.2) is 4.79 Å². The second kappa shape index (κ2) is 7.96. The van der Waals surface area contributed by atoms with E-state index in [2.05, 4.69) is 10.2 Å². The van der Waals surface area contributed by atoms with Crippen molar-refractivity contribution in [2.24, 2.45) is 0 Å². The fourth-order valence-electron chi connectivity index (χ4n) is 1.90. The highest BCUT2D eigenvalue weighted by Crippen LogP contribution is 2.02. The number of likely N-dealkylation sites (N-methyl/N-ethyl adjacent to an activating group) is 1. The summed E-state index contributed by atoms with van der Waals surface area (Å²) >= 11 is 0. The van der Waals surface area contributed by atoms with Crippen molar-refractivity contribution in [1.29, 1.82) is 0 Å². The molecule has 0 aromatic heterocycles. The number of rotatable bonds is 6. The molecule has 0 saturated carbocycles. The van der Waals surface area contributed by atoms with Gasteiger partial charge in [0.2, 0.25) is 0 Å². The number of nitrogens with zero attached hydrogens (tertiary/aromatic N) is 2. The van der Waals surface area contributed by atoms with Gasteiger partial charge >= 0.3 is 12.0 Å². The summed E-state index contributed by atoms with van der Waals surface area (Å²) in [5.74, 6) is -0.840. The summed E-state index contributed by atoms with van der Waals surface area (Å²) in [6.45, 7) is 3.32. The van der Waals surface area contributed by atoms with Crippen LogP contribution in [0.5, 0.6) is 0 Å². The first kappa shape index (κ1) is 15.7. The average molecular weight is 273 g/mol. The fraction of sp³-hybridized carbons (Fsp3) is 0.833. The molecule has 0 aromatic rings. The maximum atomic E-state index is 11.7. The minimum absolute atomic E-state index is 0.0233. The predicted octanol–water partition coefficient (Wildman–Crippen LogP) is -0.177. The van der Waals surface area contributed by atoms with E-state index in [4.69, 9.17) is 9.84 Å². The summed E-state index contributed by atoms with van der Waals surface area (Å²) in [7, 11) is 3.68. The average Bonchev–Trinajstić information content (AvgIpc) is 2.35. The lowest BCUT2D eigenvalue weighted by molar-refractivity contribution is -0.137. The Morgan fingerprint density at radius 2 is 2.26 bits per heavy atom. The molecule has 1 aliphatic rings. The Kier molecular flexibility index (Phi) is 6.58. The first-order chi connectivity index (χ1) is 8.99. The van der Waals surface area contributed by atoms with Gasteiger partial charge in [0.25, 0.3) is 0 Å². The number of nitrogens with one attached hydrogen (secondary N) is 1. The topological polar surface area (TPSA) is 82.1 Å². The van der Waals surface area contributed by atoms with Crippen molar-refractivity contribution in [2.75, 3.05) is 46.9 Å². The summed E-state index contributed by atoms with van der Waals surface area (Å²) in [6, 6.07) is -0.192. The smallest absolute Gasteiger partial charge is 0.317 e. The number of aliphatic carboxylic acids is 1. The number of hydrogen-bond acceptors (Lipinski definition) is 4. The van der Waals surface area contributed by atoms with Crippen LogP contribution in [0.2, 0.25) is 0 Å². The van der Waals surface area contributed by atoms with Crippen LogP contribution in [0.1, 0.15) is 12.8 Å². The number of carboxylic acid groups (broad SMARTS) is 1. The molecule has 0 radical (unpaired) electrons. The van der Waals surface area contributed by atoms with Crippen LogP contribution in [0.25, 0.3) is 0 Å². The lowest BCUT2D eigenvalue weighted by Crippen LogP contribution is -2.48. The van der Waals surface area contributed by atoms with E-state index in [1.807, 2.05) is 7.05 Å². The van der Waals surface area contributed by atoms with Crippen molar-refractivity contribution < 1.29 is 19.4 Å². The normalized spacial score (nSPS) is 20.0. The van der Waals surface area contributed by atoms with Gasteiger partial charge in [0.05, 0.1) is 12.7 Å². The summed E-state index contributed by atoms with van der Waals surface area (Å²) in [4.78, 5) is 25.8. The summed E-state index contributed by atoms with van der Waals surface area (Å²) < 4.78 is 5.54. The molecule has 0 aliphatic carbocycles. The molecule has 110 valence electrons. The molecule has 1 heterocycles. The molecule has 1 aliphatic heterocycles. The van der Waals surface area contributed by atoms with E-state index in [0.717, 1.165) is 13.1 Å². The van der Waals surface area contributed by atoms with Gasteiger partial charge in [-0.05, 0) is 13.5 Å². The van der Waals surface area contributed by atoms with Crippen LogP contribution in [0.15, 0.2) is 0 Å². The minimum atomic E-state index is -0.840. The van der Waals surface area contributed by atoms with E-state index >= 15 is 0 Å². The lowest BCUT2D eigenvalue weighted by atomic mass is 10.3. The van der Waals surface area contributed by atoms with Crippen molar-refractivity contribution in [3.63, 3.8) is 0 Å². The fourth-order valence-corrected chi connectivity index (χ4v) is 1.90. The molecule has 1 unspecified atom stereocenters. The predicted molar refractivity (Wildman–Crippen MR) is 70.1 cm³/mol. The second-order valence-electron chi connectivity index (χ2n) is 4.86. The zero-order chi connectivity index (χ0) is 14.3. The third-order valence-electron chi connectivity index (χ3n) is 3.05. The molecule has 1 rings (SSSR count). The molecule has 1 saturated heterocycles. The van der Waals surface area contributed by atoms with Gasteiger partial charge in [-0.2, -0.15) is 0 Å². The van der Waals surface area contributed by atoms with Crippen molar-refractivity contribution in [1.82, 2.24) is 15.1 Å². The van der Waals surface area contributed by atoms with Crippen LogP contribution in [0.3, 0.4) is 0 Å². The van der Waals surface area contributed by atoms with Gasteiger partial charge in [0.15, 0.2) is 0 Å². The largest absolute Gasteiger partial charge is 0.481 e. The van der Waals surface area contributed by atoms with E-state index in [0.29, 0.717) is 26.1 Å². The highest BCUT2D eigenvalue weighted by Gasteiger charge is 2.19. The molecule has 1 fully saturated rings. The second-order valence-corrected chi connectivity index (χ2v) is 4.86. The number of morpholine rings is 1. The maximum absolute atomic E-state index is 11.7. The molecule has 0 spiro atoms. The van der Waals surface area contributed by atoms with Crippen LogP contribution in [0.4, 0.5) is 4.79 Å². The first-order valence-corrected chi connectivity index (χ1v) is 6.50. The van der Waals surface area contributed by atoms with Crippen molar-refractivity contribution in [3.05, 3.63) is 0 Å². The third kappa shape index (κ3) is 6.40. The van der Waals surface area contributed by atoms with Crippen LogP contribution in [-0.4, -0.2) is 79.9 Å². The molecule has 7 nitrogen and oxygen atoms in total. The minimum Gasteiger partial charge on any atom is -0.481 e. The van der Waals surface area contributed by atoms with Crippen LogP contribution in [0, 0.1) is 0 Å². The number of amides is 2. The zero-order valence-corrected chi connectivity index (χ0v) is 11.6. The van der Waals surface area contributed by atoms with Gasteiger partial charge in [-0.15, -0.1) is 0 Å². The molecule has 2 N–H and O–H groups in total. The van der Waals surface area contributed by atoms with Crippen molar-refractivity contribution in [3.8, 4) is 0 Å². The van der Waals surface area contributed by atoms with Crippen LogP contribution in [-0.2, 0) is 9.53 Å². The Hall–Kier alpha value is -1.34. The Labute approximate surface area is 113 Å². The summed E-state index contributed by atoms with van der Waals surface area (Å²) in [5, 5.41) is 11.3. The van der Waals surface area contributed by atoms with Gasteiger partial charge in [0.1, 0.15) is 0 Å². The maximum Gasteiger partial charge on any atom is 0.317 e. The van der Waals surface area contributed by atoms with E-state index in [9.17, 15) is 9.59 Å². The van der Waals surface area contributed by atoms with Gasteiger partial charge < -0.3 is 25.0 Å². The van der Waals surface area contributed by atoms with E-state index in [1.165, 1.54) is 4.90 Å². The number of carboxylic acids is 1. The standard InChI is InChI=1S/C12H23N3O4/c1-14-6-7-19-10(9-14)8-13-12(18)15(2)5-3-4-11(16)17/h10H,3-9H2,1-2H3,(H,13,18)(H,16,17). The summed E-state index contributed by atoms with van der Waals surface area (Å²) in [6.07, 6.45) is 0.561. The Bertz CT molecular complexity index is 311. The highest BCUT2D eigenvalue weighted by molar-refractivity contribution is 5.74. The highest BCUT2D eigenvalue weighted by atomic mass is 16.5. The quantitative estimate of drug-likeness (QED) is 0.702. The van der Waals surface area contributed by atoms with Gasteiger partial charge in [-0.1, -0.05) is 0 Å². The Morgan fingerprint density at radius 1 is 1.53 bits per heavy atom. The van der Waals surface area contributed by atoms with Gasteiger partial charge in [-0.3, -0.25) is 4.79 Å². The van der Waals surface area contributed by atoms with Gasteiger partial charge in [0, 0.05) is 39.6 Å². The molecule has 19 heavy (non-hydrogen) atoms. The molecule has 2 amide bonds. The third-order valence-corrected chi connectivity index (χ3v) is 3.05. The Morgan fingerprint density at radius 3 is 2.89 bits per heavy atom. The number of ether oxygens (including phenoxy) is 1. The number of urea groups is 1. The number of hydrogen-bond donors (Lipinski definition) is 2. The summed E-state index contributed by atoms with van der Waals surface area (Å²) in [5.41, 5.74) is 0. The van der Waals surface area contributed by atoms with Crippen LogP contribution >= 0.6 is 0 Å². The number of carbonyl (C=O) groups excluding carboxylic acids is 1. The van der Waals surface area contributed by atoms with Crippen molar-refractivity contribution >= 4 is 12.0 Å². The zero-order valence-electron chi connectivity index (χ0n) is 11.6. The molecule has 1 atom stereocenters. The molecule has 7 heteroatoms. The Balaban J connectivity index is 2.17. The first-order valence-electron chi connectivity index (χ1n) is 6.50. The SMILES string of the molecule is CN1CCOC(CNC(=O)N(C)CCCC(=O)O)C1.